The molecule has 0 saturated heterocycles. The predicted molar refractivity (Wildman–Crippen MR) is 97.3 cm³/mol. The molecule has 0 aliphatic heterocycles. The van der Waals surface area contributed by atoms with Crippen molar-refractivity contribution in [1.82, 2.24) is 9.38 Å². The van der Waals surface area contributed by atoms with Crippen molar-refractivity contribution in [2.24, 2.45) is 5.73 Å². The van der Waals surface area contributed by atoms with Gasteiger partial charge in [0.05, 0.1) is 7.11 Å². The summed E-state index contributed by atoms with van der Waals surface area (Å²) in [6.07, 6.45) is 2.60. The number of primary amides is 1. The highest BCUT2D eigenvalue weighted by molar-refractivity contribution is 6.00. The molecule has 0 aliphatic rings. The first-order chi connectivity index (χ1) is 13.0. The van der Waals surface area contributed by atoms with Gasteiger partial charge in [-0.15, -0.1) is 0 Å². The minimum absolute atomic E-state index is 0.0506. The van der Waals surface area contributed by atoms with Crippen LogP contribution in [0.2, 0.25) is 0 Å². The second-order valence-corrected chi connectivity index (χ2v) is 5.38. The second kappa shape index (κ2) is 7.41. The Balaban J connectivity index is 2.19. The standard InChI is InChI=1S/C19H14N4O4/c1-26-13-5-7-14(8-6-13)27-18-15(10-12(11-20)17(21)24)19(25)23-9-3-2-4-16(23)22-18/h2-10H,1H3,(H2,21,24)/b12-10+. The van der Waals surface area contributed by atoms with Crippen LogP contribution in [0, 0.1) is 11.3 Å². The lowest BCUT2D eigenvalue weighted by molar-refractivity contribution is -0.114. The maximum atomic E-state index is 12.8. The quantitative estimate of drug-likeness (QED) is 0.547. The topological polar surface area (TPSA) is 120 Å². The molecular weight excluding hydrogens is 348 g/mol. The van der Waals surface area contributed by atoms with Gasteiger partial charge in [-0.1, -0.05) is 6.07 Å². The van der Waals surface area contributed by atoms with E-state index in [-0.39, 0.29) is 17.0 Å². The smallest absolute Gasteiger partial charge is 0.269 e. The van der Waals surface area contributed by atoms with Crippen LogP contribution < -0.4 is 20.8 Å². The Bertz CT molecular complexity index is 1140. The largest absolute Gasteiger partial charge is 0.497 e. The molecular formula is C19H14N4O4. The van der Waals surface area contributed by atoms with E-state index in [4.69, 9.17) is 20.5 Å². The van der Waals surface area contributed by atoms with Crippen molar-refractivity contribution in [1.29, 1.82) is 5.26 Å². The maximum Gasteiger partial charge on any atom is 0.269 e. The van der Waals surface area contributed by atoms with Gasteiger partial charge in [0, 0.05) is 6.20 Å². The zero-order valence-electron chi connectivity index (χ0n) is 14.2. The van der Waals surface area contributed by atoms with E-state index in [1.54, 1.807) is 48.5 Å². The molecule has 27 heavy (non-hydrogen) atoms. The molecule has 0 fully saturated rings. The van der Waals surface area contributed by atoms with Crippen LogP contribution in [0.15, 0.2) is 59.0 Å². The molecule has 0 radical (unpaired) electrons. The Morgan fingerprint density at radius 1 is 1.22 bits per heavy atom. The summed E-state index contributed by atoms with van der Waals surface area (Å²) in [5.74, 6) is 0.0283. The molecule has 134 valence electrons. The number of ether oxygens (including phenoxy) is 2. The molecule has 3 aromatic rings. The van der Waals surface area contributed by atoms with Crippen LogP contribution in [0.1, 0.15) is 5.56 Å². The van der Waals surface area contributed by atoms with Crippen LogP contribution in [-0.4, -0.2) is 22.4 Å². The van der Waals surface area contributed by atoms with Crippen LogP contribution in [0.25, 0.3) is 11.7 Å². The molecule has 2 N–H and O–H groups in total. The normalized spacial score (nSPS) is 11.0. The first-order valence-corrected chi connectivity index (χ1v) is 7.78. The fourth-order valence-electron chi connectivity index (χ4n) is 2.34. The number of methoxy groups -OCH3 is 1. The highest BCUT2D eigenvalue weighted by atomic mass is 16.5. The van der Waals surface area contributed by atoms with Crippen molar-refractivity contribution in [3.8, 4) is 23.4 Å². The van der Waals surface area contributed by atoms with Crippen molar-refractivity contribution < 1.29 is 14.3 Å². The summed E-state index contributed by atoms with van der Waals surface area (Å²) in [4.78, 5) is 28.6. The fraction of sp³-hybridized carbons (Fsp3) is 0.0526. The summed E-state index contributed by atoms with van der Waals surface area (Å²) >= 11 is 0. The van der Waals surface area contributed by atoms with E-state index in [1.807, 2.05) is 0 Å². The van der Waals surface area contributed by atoms with Crippen molar-refractivity contribution in [2.75, 3.05) is 7.11 Å². The molecule has 3 rings (SSSR count). The number of hydrogen-bond acceptors (Lipinski definition) is 6. The molecule has 2 heterocycles. The Labute approximate surface area is 153 Å². The zero-order chi connectivity index (χ0) is 19.4. The lowest BCUT2D eigenvalue weighted by Gasteiger charge is -2.10. The third-order valence-corrected chi connectivity index (χ3v) is 3.68. The van der Waals surface area contributed by atoms with E-state index >= 15 is 0 Å². The number of carbonyl (C=O) groups excluding carboxylic acids is 1. The zero-order valence-corrected chi connectivity index (χ0v) is 14.2. The van der Waals surface area contributed by atoms with Gasteiger partial charge in [-0.2, -0.15) is 10.2 Å². The Hall–Kier alpha value is -4.12. The van der Waals surface area contributed by atoms with Gasteiger partial charge in [0.15, 0.2) is 0 Å². The summed E-state index contributed by atoms with van der Waals surface area (Å²) in [7, 11) is 1.54. The third-order valence-electron chi connectivity index (χ3n) is 3.68. The van der Waals surface area contributed by atoms with Gasteiger partial charge in [0.2, 0.25) is 5.88 Å². The number of rotatable bonds is 5. The van der Waals surface area contributed by atoms with Crippen LogP contribution >= 0.6 is 0 Å². The van der Waals surface area contributed by atoms with Crippen LogP contribution in [0.3, 0.4) is 0 Å². The molecule has 0 saturated carbocycles. The van der Waals surface area contributed by atoms with E-state index in [9.17, 15) is 9.59 Å². The Morgan fingerprint density at radius 2 is 1.93 bits per heavy atom. The van der Waals surface area contributed by atoms with Gasteiger partial charge in [-0.25, -0.2) is 0 Å². The summed E-state index contributed by atoms with van der Waals surface area (Å²) in [6.45, 7) is 0. The molecule has 0 spiro atoms. The number of benzene rings is 1. The van der Waals surface area contributed by atoms with Crippen LogP contribution in [0.4, 0.5) is 0 Å². The Morgan fingerprint density at radius 3 is 2.56 bits per heavy atom. The predicted octanol–water partition coefficient (Wildman–Crippen LogP) is 1.89. The van der Waals surface area contributed by atoms with Crippen molar-refractivity contribution in [3.05, 3.63) is 70.2 Å². The minimum Gasteiger partial charge on any atom is -0.497 e. The molecule has 2 aromatic heterocycles. The summed E-state index contributed by atoms with van der Waals surface area (Å²) in [5.41, 5.74) is 4.58. The highest BCUT2D eigenvalue weighted by Crippen LogP contribution is 2.25. The van der Waals surface area contributed by atoms with E-state index in [0.717, 1.165) is 6.08 Å². The van der Waals surface area contributed by atoms with E-state index < -0.39 is 11.5 Å². The van der Waals surface area contributed by atoms with Crippen molar-refractivity contribution >= 4 is 17.6 Å². The number of amides is 1. The molecule has 8 nitrogen and oxygen atoms in total. The van der Waals surface area contributed by atoms with E-state index in [1.165, 1.54) is 17.7 Å². The van der Waals surface area contributed by atoms with Crippen LogP contribution in [0.5, 0.6) is 17.4 Å². The molecule has 0 atom stereocenters. The number of fused-ring (bicyclic) bond motifs is 1. The van der Waals surface area contributed by atoms with Crippen molar-refractivity contribution in [3.63, 3.8) is 0 Å². The number of nitrogens with two attached hydrogens (primary N) is 1. The summed E-state index contributed by atoms with van der Waals surface area (Å²) < 4.78 is 12.1. The van der Waals surface area contributed by atoms with E-state index in [2.05, 4.69) is 4.98 Å². The lowest BCUT2D eigenvalue weighted by atomic mass is 10.2. The first kappa shape index (κ1) is 17.7. The lowest BCUT2D eigenvalue weighted by Crippen LogP contribution is -2.20. The monoisotopic (exact) mass is 362 g/mol. The fourth-order valence-corrected chi connectivity index (χ4v) is 2.34. The summed E-state index contributed by atoms with van der Waals surface area (Å²) in [5, 5.41) is 9.10. The average molecular weight is 362 g/mol. The van der Waals surface area contributed by atoms with Gasteiger partial charge in [0.25, 0.3) is 11.5 Å². The number of nitrogens with zero attached hydrogens (tertiary/aromatic N) is 3. The number of carbonyl (C=O) groups is 1. The number of hydrogen-bond donors (Lipinski definition) is 1. The number of nitriles is 1. The summed E-state index contributed by atoms with van der Waals surface area (Å²) in [6, 6.07) is 13.3. The molecule has 8 heteroatoms. The van der Waals surface area contributed by atoms with Crippen LogP contribution in [-0.2, 0) is 4.79 Å². The van der Waals surface area contributed by atoms with Gasteiger partial charge >= 0.3 is 0 Å². The highest BCUT2D eigenvalue weighted by Gasteiger charge is 2.16. The van der Waals surface area contributed by atoms with E-state index in [0.29, 0.717) is 17.1 Å². The molecule has 1 amide bonds. The Kier molecular flexibility index (Phi) is 4.86. The van der Waals surface area contributed by atoms with Gasteiger partial charge in [0.1, 0.15) is 34.4 Å². The number of pyridine rings is 1. The van der Waals surface area contributed by atoms with Gasteiger partial charge in [-0.3, -0.25) is 14.0 Å². The van der Waals surface area contributed by atoms with Crippen molar-refractivity contribution in [2.45, 2.75) is 0 Å². The number of aromatic nitrogens is 2. The molecule has 0 aliphatic carbocycles. The molecule has 1 aromatic carbocycles. The minimum atomic E-state index is -0.953. The van der Waals surface area contributed by atoms with Gasteiger partial charge < -0.3 is 15.2 Å². The van der Waals surface area contributed by atoms with Gasteiger partial charge in [-0.05, 0) is 42.5 Å². The third kappa shape index (κ3) is 3.62. The SMILES string of the molecule is COc1ccc(Oc2nc3ccccn3c(=O)c2/C=C(\C#N)C(N)=O)cc1. The maximum absolute atomic E-state index is 12.8. The second-order valence-electron chi connectivity index (χ2n) is 5.38. The molecule has 0 bridgehead atoms. The molecule has 0 unspecified atom stereocenters. The average Bonchev–Trinajstić information content (AvgIpc) is 2.68. The first-order valence-electron chi connectivity index (χ1n) is 7.78.